The van der Waals surface area contributed by atoms with Gasteiger partial charge in [0.25, 0.3) is 5.91 Å². The highest BCUT2D eigenvalue weighted by Crippen LogP contribution is 2.38. The highest BCUT2D eigenvalue weighted by Gasteiger charge is 2.34. The van der Waals surface area contributed by atoms with Crippen molar-refractivity contribution in [2.24, 2.45) is 4.99 Å². The van der Waals surface area contributed by atoms with Crippen molar-refractivity contribution in [2.75, 3.05) is 6.54 Å². The Labute approximate surface area is 252 Å². The maximum absolute atomic E-state index is 13.9. The topological polar surface area (TPSA) is 90.7 Å². The van der Waals surface area contributed by atoms with Gasteiger partial charge in [-0.05, 0) is 92.9 Å². The Kier molecular flexibility index (Phi) is 7.38. The number of para-hydroxylation sites is 2. The molecule has 3 aromatic heterocycles. The van der Waals surface area contributed by atoms with E-state index in [9.17, 15) is 14.7 Å². The number of aromatic carboxylic acids is 1. The molecule has 1 aliphatic rings. The number of nitrogens with one attached hydrogen (secondary N) is 1. The second kappa shape index (κ2) is 11.2. The van der Waals surface area contributed by atoms with E-state index in [2.05, 4.69) is 11.1 Å². The van der Waals surface area contributed by atoms with E-state index in [0.29, 0.717) is 33.6 Å². The van der Waals surface area contributed by atoms with Crippen LogP contribution in [0.3, 0.4) is 0 Å². The van der Waals surface area contributed by atoms with Gasteiger partial charge in [0.05, 0.1) is 16.2 Å². The molecule has 0 spiro atoms. The number of carboxylic acid groups (broad SMARTS) is 1. The van der Waals surface area contributed by atoms with Crippen LogP contribution in [0.1, 0.15) is 43.3 Å². The molecular formula is C33H30N4O3S2. The summed E-state index contributed by atoms with van der Waals surface area (Å²) in [6.07, 6.45) is 4.60. The lowest BCUT2D eigenvalue weighted by molar-refractivity contribution is -0.122. The first-order valence-corrected chi connectivity index (χ1v) is 15.3. The van der Waals surface area contributed by atoms with Crippen LogP contribution in [0.2, 0.25) is 0 Å². The van der Waals surface area contributed by atoms with E-state index in [-0.39, 0.29) is 5.91 Å². The van der Waals surface area contributed by atoms with Gasteiger partial charge in [-0.1, -0.05) is 36.4 Å². The van der Waals surface area contributed by atoms with Crippen molar-refractivity contribution in [3.63, 3.8) is 0 Å². The molecule has 0 atom stereocenters. The van der Waals surface area contributed by atoms with E-state index in [0.717, 1.165) is 49.5 Å². The molecule has 212 valence electrons. The van der Waals surface area contributed by atoms with Gasteiger partial charge < -0.3 is 14.7 Å². The van der Waals surface area contributed by atoms with Crippen LogP contribution >= 0.6 is 23.1 Å². The molecule has 1 fully saturated rings. The molecule has 1 aliphatic heterocycles. The largest absolute Gasteiger partial charge is 0.478 e. The maximum Gasteiger partial charge on any atom is 0.339 e. The number of thiophene rings is 1. The van der Waals surface area contributed by atoms with Crippen LogP contribution in [0, 0.1) is 27.7 Å². The summed E-state index contributed by atoms with van der Waals surface area (Å²) < 4.78 is 1.98. The molecule has 5 aromatic rings. The van der Waals surface area contributed by atoms with Crippen LogP contribution in [0.15, 0.2) is 76.8 Å². The third kappa shape index (κ3) is 4.99. The van der Waals surface area contributed by atoms with Crippen molar-refractivity contribution in [2.45, 2.75) is 34.1 Å². The van der Waals surface area contributed by atoms with Gasteiger partial charge >= 0.3 is 5.97 Å². The Bertz CT molecular complexity index is 1910. The van der Waals surface area contributed by atoms with Gasteiger partial charge in [-0.3, -0.25) is 9.69 Å². The molecule has 4 heterocycles. The molecule has 6 rings (SSSR count). The number of fused-ring (bicyclic) bond motifs is 1. The van der Waals surface area contributed by atoms with Crippen LogP contribution in [0.4, 0.5) is 5.69 Å². The average Bonchev–Trinajstić information content (AvgIpc) is 3.67. The predicted molar refractivity (Wildman–Crippen MR) is 172 cm³/mol. The second-order valence-electron chi connectivity index (χ2n) is 10.3. The number of rotatable bonds is 7. The van der Waals surface area contributed by atoms with Gasteiger partial charge in [0.1, 0.15) is 5.00 Å². The summed E-state index contributed by atoms with van der Waals surface area (Å²) in [7, 11) is 0. The molecule has 0 unspecified atom stereocenters. The molecule has 2 aromatic carbocycles. The number of aryl methyl sites for hydroxylation is 2. The SMILES string of the molecule is Cc1sc(-n2c(C)cc(C=C3SC(=Nc4ccccc4)N(CCc4c[nH]c5ccccc45)C3=O)c2C)c(C(=O)O)c1C. The lowest BCUT2D eigenvalue weighted by Crippen LogP contribution is -2.31. The molecule has 0 saturated carbocycles. The van der Waals surface area contributed by atoms with E-state index in [1.165, 1.54) is 23.1 Å². The third-order valence-corrected chi connectivity index (χ3v) is 9.89. The minimum atomic E-state index is -0.937. The summed E-state index contributed by atoms with van der Waals surface area (Å²) in [6.45, 7) is 8.21. The zero-order chi connectivity index (χ0) is 29.5. The van der Waals surface area contributed by atoms with Gasteiger partial charge in [0, 0.05) is 39.9 Å². The molecule has 1 saturated heterocycles. The number of nitrogens with zero attached hydrogens (tertiary/aromatic N) is 3. The Morgan fingerprint density at radius 3 is 2.55 bits per heavy atom. The molecular weight excluding hydrogens is 565 g/mol. The highest BCUT2D eigenvalue weighted by molar-refractivity contribution is 8.18. The van der Waals surface area contributed by atoms with Crippen molar-refractivity contribution >= 4 is 62.8 Å². The fourth-order valence-corrected chi connectivity index (χ4v) is 7.65. The first-order chi connectivity index (χ1) is 20.2. The summed E-state index contributed by atoms with van der Waals surface area (Å²) >= 11 is 2.85. The summed E-state index contributed by atoms with van der Waals surface area (Å²) in [5, 5.41) is 12.4. The Morgan fingerprint density at radius 1 is 1.05 bits per heavy atom. The zero-order valence-electron chi connectivity index (χ0n) is 23.8. The number of benzene rings is 2. The number of amidine groups is 1. The van der Waals surface area contributed by atoms with Crippen molar-refractivity contribution in [3.8, 4) is 5.00 Å². The van der Waals surface area contributed by atoms with E-state index in [4.69, 9.17) is 4.99 Å². The van der Waals surface area contributed by atoms with E-state index >= 15 is 0 Å². The molecule has 0 aliphatic carbocycles. The molecule has 1 amide bonds. The van der Waals surface area contributed by atoms with E-state index in [1.54, 1.807) is 4.90 Å². The maximum atomic E-state index is 13.9. The van der Waals surface area contributed by atoms with Gasteiger partial charge in [-0.2, -0.15) is 0 Å². The van der Waals surface area contributed by atoms with Crippen LogP contribution in [-0.4, -0.2) is 43.1 Å². The smallest absolute Gasteiger partial charge is 0.339 e. The van der Waals surface area contributed by atoms with Gasteiger partial charge in [-0.25, -0.2) is 9.79 Å². The zero-order valence-corrected chi connectivity index (χ0v) is 25.4. The number of aliphatic imine (C=N–C) groups is 1. The number of aromatic amines is 1. The molecule has 7 nitrogen and oxygen atoms in total. The number of carbonyl (C=O) groups excluding carboxylic acids is 1. The van der Waals surface area contributed by atoms with Crippen molar-refractivity contribution < 1.29 is 14.7 Å². The first-order valence-electron chi connectivity index (χ1n) is 13.7. The van der Waals surface area contributed by atoms with Gasteiger partial charge in [-0.15, -0.1) is 11.3 Å². The standard InChI is InChI=1S/C33H30N4O3S2/c1-19-16-24(21(3)37(19)31-29(32(39)40)20(2)22(4)41-31)17-28-30(38)36(33(42-28)35-25-10-6-5-7-11-25)15-14-23-18-34-27-13-9-8-12-26(23)27/h5-13,16-18,34H,14-15H2,1-4H3,(H,39,40). The van der Waals surface area contributed by atoms with Gasteiger partial charge in [0.2, 0.25) is 0 Å². The van der Waals surface area contributed by atoms with Crippen LogP contribution in [0.25, 0.3) is 22.0 Å². The lowest BCUT2D eigenvalue weighted by atomic mass is 10.1. The highest BCUT2D eigenvalue weighted by atomic mass is 32.2. The number of thioether (sulfide) groups is 1. The summed E-state index contributed by atoms with van der Waals surface area (Å²) in [5.41, 5.74) is 6.79. The summed E-state index contributed by atoms with van der Waals surface area (Å²) in [6, 6.07) is 19.8. The first kappa shape index (κ1) is 27.8. The normalized spacial score (nSPS) is 15.5. The Morgan fingerprint density at radius 2 is 1.79 bits per heavy atom. The van der Waals surface area contributed by atoms with Crippen molar-refractivity contribution in [1.82, 2.24) is 14.5 Å². The Hall–Kier alpha value is -4.34. The molecule has 0 bridgehead atoms. The van der Waals surface area contributed by atoms with Crippen LogP contribution < -0.4 is 0 Å². The minimum Gasteiger partial charge on any atom is -0.478 e. The summed E-state index contributed by atoms with van der Waals surface area (Å²) in [5.74, 6) is -1.03. The number of aromatic nitrogens is 2. The minimum absolute atomic E-state index is 0.0895. The molecule has 42 heavy (non-hydrogen) atoms. The number of carboxylic acids is 1. The number of hydrogen-bond acceptors (Lipinski definition) is 5. The average molecular weight is 595 g/mol. The quantitative estimate of drug-likeness (QED) is 0.188. The number of H-pyrrole nitrogens is 1. The van der Waals surface area contributed by atoms with Crippen LogP contribution in [-0.2, 0) is 11.2 Å². The van der Waals surface area contributed by atoms with Crippen LogP contribution in [0.5, 0.6) is 0 Å². The Balaban J connectivity index is 1.36. The molecule has 0 radical (unpaired) electrons. The molecule has 2 N–H and O–H groups in total. The van der Waals surface area contributed by atoms with E-state index < -0.39 is 5.97 Å². The number of carbonyl (C=O) groups is 2. The van der Waals surface area contributed by atoms with Crippen molar-refractivity contribution in [3.05, 3.63) is 110 Å². The van der Waals surface area contributed by atoms with Crippen molar-refractivity contribution in [1.29, 1.82) is 0 Å². The number of hydrogen-bond donors (Lipinski definition) is 2. The predicted octanol–water partition coefficient (Wildman–Crippen LogP) is 7.80. The van der Waals surface area contributed by atoms with E-state index in [1.807, 2.05) is 99.1 Å². The molecule has 9 heteroatoms. The van der Waals surface area contributed by atoms with Gasteiger partial charge in [0.15, 0.2) is 5.17 Å². The number of amides is 1. The second-order valence-corrected chi connectivity index (χ2v) is 12.5. The third-order valence-electron chi connectivity index (χ3n) is 7.69. The summed E-state index contributed by atoms with van der Waals surface area (Å²) in [4.78, 5) is 37.5. The fraction of sp³-hybridized carbons (Fsp3) is 0.182. The fourth-order valence-electron chi connectivity index (χ4n) is 5.38. The lowest BCUT2D eigenvalue weighted by Gasteiger charge is -2.15. The monoisotopic (exact) mass is 594 g/mol.